The first-order valence-corrected chi connectivity index (χ1v) is 9.04. The molecule has 3 rings (SSSR count). The Morgan fingerprint density at radius 2 is 2.08 bits per heavy atom. The largest absolute Gasteiger partial charge is 0.378 e. The van der Waals surface area contributed by atoms with Gasteiger partial charge in [-0.25, -0.2) is 0 Å². The molecule has 25 heavy (non-hydrogen) atoms. The highest BCUT2D eigenvalue weighted by Crippen LogP contribution is 2.16. The first kappa shape index (κ1) is 17.9. The van der Waals surface area contributed by atoms with Gasteiger partial charge in [0.2, 0.25) is 5.91 Å². The molecule has 0 bridgehead atoms. The standard InChI is InChI=1S/C17H27N5O3/c1-3-5-21-12-14(13(2)19-21)16(23)22-6-4-18-11-15(22)17(24)20-7-9-25-10-8-20/h12,15,18H,3-11H2,1-2H3. The highest BCUT2D eigenvalue weighted by atomic mass is 16.5. The van der Waals surface area contributed by atoms with E-state index in [9.17, 15) is 9.59 Å². The SMILES string of the molecule is CCCn1cc(C(=O)N2CCNCC2C(=O)N2CCOCC2)c(C)n1. The molecule has 1 N–H and O–H groups in total. The van der Waals surface area contributed by atoms with Crippen LogP contribution >= 0.6 is 0 Å². The summed E-state index contributed by atoms with van der Waals surface area (Å²) in [6.45, 7) is 8.71. The number of rotatable bonds is 4. The third kappa shape index (κ3) is 3.85. The third-order valence-corrected chi connectivity index (χ3v) is 4.74. The zero-order valence-corrected chi connectivity index (χ0v) is 15.0. The highest BCUT2D eigenvalue weighted by molar-refractivity contribution is 5.98. The predicted molar refractivity (Wildman–Crippen MR) is 92.3 cm³/mol. The predicted octanol–water partition coefficient (Wildman–Crippen LogP) is -0.126. The van der Waals surface area contributed by atoms with E-state index in [0.29, 0.717) is 51.5 Å². The molecule has 8 heteroatoms. The van der Waals surface area contributed by atoms with Crippen molar-refractivity contribution < 1.29 is 14.3 Å². The van der Waals surface area contributed by atoms with Crippen molar-refractivity contribution in [2.75, 3.05) is 45.9 Å². The Kier molecular flexibility index (Phi) is 5.70. The Bertz CT molecular complexity index is 624. The van der Waals surface area contributed by atoms with Crippen LogP contribution in [0.2, 0.25) is 0 Å². The fourth-order valence-electron chi connectivity index (χ4n) is 3.39. The monoisotopic (exact) mass is 349 g/mol. The van der Waals surface area contributed by atoms with Crippen molar-refractivity contribution in [3.8, 4) is 0 Å². The molecular formula is C17H27N5O3. The summed E-state index contributed by atoms with van der Waals surface area (Å²) in [5.41, 5.74) is 1.31. The zero-order valence-electron chi connectivity index (χ0n) is 15.0. The maximum absolute atomic E-state index is 13.1. The number of piperazine rings is 1. The minimum absolute atomic E-state index is 0.00227. The van der Waals surface area contributed by atoms with Crippen LogP contribution in [-0.2, 0) is 16.1 Å². The Balaban J connectivity index is 1.77. The van der Waals surface area contributed by atoms with Crippen molar-refractivity contribution in [1.82, 2.24) is 24.9 Å². The van der Waals surface area contributed by atoms with Crippen LogP contribution in [0.3, 0.4) is 0 Å². The first-order valence-electron chi connectivity index (χ1n) is 9.04. The van der Waals surface area contributed by atoms with Crippen LogP contribution in [0, 0.1) is 6.92 Å². The van der Waals surface area contributed by atoms with Crippen molar-refractivity contribution in [1.29, 1.82) is 0 Å². The second kappa shape index (κ2) is 7.97. The van der Waals surface area contributed by atoms with Gasteiger partial charge in [0.1, 0.15) is 6.04 Å². The summed E-state index contributed by atoms with van der Waals surface area (Å²) in [5, 5.41) is 7.66. The molecule has 1 aromatic rings. The Morgan fingerprint density at radius 1 is 1.32 bits per heavy atom. The number of carbonyl (C=O) groups excluding carboxylic acids is 2. The maximum Gasteiger partial charge on any atom is 0.258 e. The number of hydrogen-bond acceptors (Lipinski definition) is 5. The summed E-state index contributed by atoms with van der Waals surface area (Å²) in [7, 11) is 0. The number of aromatic nitrogens is 2. The molecule has 0 radical (unpaired) electrons. The molecule has 2 amide bonds. The molecule has 2 aliphatic rings. The van der Waals surface area contributed by atoms with Gasteiger partial charge in [-0.2, -0.15) is 5.10 Å². The first-order chi connectivity index (χ1) is 12.1. The summed E-state index contributed by atoms with van der Waals surface area (Å²) in [5.74, 6) is -0.101. The number of ether oxygens (including phenoxy) is 1. The molecular weight excluding hydrogens is 322 g/mol. The maximum atomic E-state index is 13.1. The number of morpholine rings is 1. The number of amides is 2. The molecule has 2 saturated heterocycles. The topological polar surface area (TPSA) is 79.7 Å². The van der Waals surface area contributed by atoms with Gasteiger partial charge in [0.15, 0.2) is 0 Å². The molecule has 2 aliphatic heterocycles. The molecule has 0 aromatic carbocycles. The van der Waals surface area contributed by atoms with Crippen LogP contribution in [0.15, 0.2) is 6.20 Å². The zero-order chi connectivity index (χ0) is 17.8. The number of carbonyl (C=O) groups is 2. The Morgan fingerprint density at radius 3 is 2.80 bits per heavy atom. The van der Waals surface area contributed by atoms with E-state index >= 15 is 0 Å². The van der Waals surface area contributed by atoms with E-state index in [1.807, 2.05) is 11.6 Å². The lowest BCUT2D eigenvalue weighted by Crippen LogP contribution is -2.61. The smallest absolute Gasteiger partial charge is 0.258 e. The van der Waals surface area contributed by atoms with Gasteiger partial charge in [-0.15, -0.1) is 0 Å². The number of nitrogens with zero attached hydrogens (tertiary/aromatic N) is 4. The fourth-order valence-corrected chi connectivity index (χ4v) is 3.39. The Hall–Kier alpha value is -1.93. The van der Waals surface area contributed by atoms with Gasteiger partial charge in [0, 0.05) is 45.5 Å². The van der Waals surface area contributed by atoms with Crippen molar-refractivity contribution in [3.05, 3.63) is 17.5 Å². The highest BCUT2D eigenvalue weighted by Gasteiger charge is 2.36. The van der Waals surface area contributed by atoms with Crippen LogP contribution < -0.4 is 5.32 Å². The molecule has 0 saturated carbocycles. The van der Waals surface area contributed by atoms with Crippen LogP contribution in [0.5, 0.6) is 0 Å². The van der Waals surface area contributed by atoms with Crippen LogP contribution in [-0.4, -0.2) is 83.4 Å². The van der Waals surface area contributed by atoms with E-state index in [-0.39, 0.29) is 11.8 Å². The summed E-state index contributed by atoms with van der Waals surface area (Å²) >= 11 is 0. The molecule has 1 unspecified atom stereocenters. The minimum atomic E-state index is -0.465. The quantitative estimate of drug-likeness (QED) is 0.819. The third-order valence-electron chi connectivity index (χ3n) is 4.74. The molecule has 0 aliphatic carbocycles. The van der Waals surface area contributed by atoms with E-state index in [2.05, 4.69) is 17.3 Å². The van der Waals surface area contributed by atoms with Crippen molar-refractivity contribution in [2.45, 2.75) is 32.9 Å². The van der Waals surface area contributed by atoms with Gasteiger partial charge in [-0.1, -0.05) is 6.92 Å². The minimum Gasteiger partial charge on any atom is -0.378 e. The number of nitrogens with one attached hydrogen (secondary N) is 1. The van der Waals surface area contributed by atoms with Gasteiger partial charge in [0.25, 0.3) is 5.91 Å². The van der Waals surface area contributed by atoms with Gasteiger partial charge in [-0.05, 0) is 13.3 Å². The molecule has 0 spiro atoms. The summed E-state index contributed by atoms with van der Waals surface area (Å²) < 4.78 is 7.13. The van der Waals surface area contributed by atoms with Gasteiger partial charge in [0.05, 0.1) is 24.5 Å². The summed E-state index contributed by atoms with van der Waals surface area (Å²) in [4.78, 5) is 29.5. The normalized spacial score (nSPS) is 21.4. The molecule has 8 nitrogen and oxygen atoms in total. The summed E-state index contributed by atoms with van der Waals surface area (Å²) in [6.07, 6.45) is 2.76. The number of hydrogen-bond donors (Lipinski definition) is 1. The van der Waals surface area contributed by atoms with Gasteiger partial charge < -0.3 is 19.9 Å². The van der Waals surface area contributed by atoms with E-state index in [1.165, 1.54) is 0 Å². The number of aryl methyl sites for hydroxylation is 2. The molecule has 2 fully saturated rings. The van der Waals surface area contributed by atoms with Gasteiger partial charge >= 0.3 is 0 Å². The fraction of sp³-hybridized carbons (Fsp3) is 0.706. The van der Waals surface area contributed by atoms with Crippen LogP contribution in [0.25, 0.3) is 0 Å². The lowest BCUT2D eigenvalue weighted by molar-refractivity contribution is -0.140. The lowest BCUT2D eigenvalue weighted by atomic mass is 10.1. The van der Waals surface area contributed by atoms with Crippen LogP contribution in [0.1, 0.15) is 29.4 Å². The average molecular weight is 349 g/mol. The van der Waals surface area contributed by atoms with Crippen LogP contribution in [0.4, 0.5) is 0 Å². The van der Waals surface area contributed by atoms with E-state index in [0.717, 1.165) is 18.7 Å². The Labute approximate surface area is 148 Å². The van der Waals surface area contributed by atoms with E-state index in [4.69, 9.17) is 4.74 Å². The molecule has 1 atom stereocenters. The van der Waals surface area contributed by atoms with Crippen molar-refractivity contribution in [3.63, 3.8) is 0 Å². The molecule has 138 valence electrons. The van der Waals surface area contributed by atoms with Crippen molar-refractivity contribution in [2.24, 2.45) is 0 Å². The second-order valence-electron chi connectivity index (χ2n) is 6.55. The second-order valence-corrected chi connectivity index (χ2v) is 6.55. The van der Waals surface area contributed by atoms with E-state index in [1.54, 1.807) is 16.0 Å². The van der Waals surface area contributed by atoms with Crippen molar-refractivity contribution >= 4 is 11.8 Å². The molecule has 3 heterocycles. The lowest BCUT2D eigenvalue weighted by Gasteiger charge is -2.39. The molecule has 1 aromatic heterocycles. The van der Waals surface area contributed by atoms with E-state index < -0.39 is 6.04 Å². The summed E-state index contributed by atoms with van der Waals surface area (Å²) in [6, 6.07) is -0.465. The average Bonchev–Trinajstić information content (AvgIpc) is 3.02. The van der Waals surface area contributed by atoms with Gasteiger partial charge in [-0.3, -0.25) is 14.3 Å².